The van der Waals surface area contributed by atoms with Crippen LogP contribution in [-0.2, 0) is 28.3 Å². The van der Waals surface area contributed by atoms with Crippen molar-refractivity contribution in [2.24, 2.45) is 12.5 Å². The molecule has 15 nitrogen and oxygen atoms in total. The van der Waals surface area contributed by atoms with Crippen LogP contribution in [-0.4, -0.2) is 69.2 Å². The Hall–Kier alpha value is -6.27. The molecule has 2 heterocycles. The van der Waals surface area contributed by atoms with Gasteiger partial charge in [-0.15, -0.1) is 0 Å². The molecule has 2 atom stereocenters. The van der Waals surface area contributed by atoms with Gasteiger partial charge in [-0.2, -0.15) is 0 Å². The van der Waals surface area contributed by atoms with Gasteiger partial charge in [-0.3, -0.25) is 28.7 Å². The second-order valence-corrected chi connectivity index (χ2v) is 15.3. The third kappa shape index (κ3) is 8.60. The Labute approximate surface area is 312 Å². The summed E-state index contributed by atoms with van der Waals surface area (Å²) in [6.07, 6.45) is 2.46. The van der Waals surface area contributed by atoms with Gasteiger partial charge in [-0.05, 0) is 59.5 Å². The molecule has 5 N–H and O–H groups in total. The molecule has 0 fully saturated rings. The summed E-state index contributed by atoms with van der Waals surface area (Å²) in [6, 6.07) is 10.3. The number of carbonyl (C=O) groups excluding carboxylic acids is 2. The molecule has 288 valence electrons. The zero-order chi connectivity index (χ0) is 40.4. The SMILES string of the molecule is Cn1c(=O)n(-c2ccc(C[C@H](NC(=O)c3cc(F)c(NS(=O)(=O)c4ccc(C(=O)N[C@H](CO)C(C)(C)C)cc4)cc3F)C(=O)O)cc2)c(=O)c2ccncc21. The Morgan fingerprint density at radius 2 is 1.56 bits per heavy atom. The van der Waals surface area contributed by atoms with Gasteiger partial charge in [0.15, 0.2) is 0 Å². The molecule has 0 aliphatic rings. The highest BCUT2D eigenvalue weighted by Crippen LogP contribution is 2.24. The summed E-state index contributed by atoms with van der Waals surface area (Å²) in [4.78, 5) is 67.3. The van der Waals surface area contributed by atoms with Crippen LogP contribution in [0.2, 0.25) is 0 Å². The fraction of sp³-hybridized carbons (Fsp3) is 0.243. The lowest BCUT2D eigenvalue weighted by atomic mass is 9.87. The number of anilines is 1. The molecule has 5 rings (SSSR count). The molecule has 0 aliphatic heterocycles. The van der Waals surface area contributed by atoms with E-state index in [2.05, 4.69) is 15.6 Å². The summed E-state index contributed by atoms with van der Waals surface area (Å²) in [5.41, 5.74) is -2.53. The Morgan fingerprint density at radius 3 is 2.16 bits per heavy atom. The number of aromatic nitrogens is 3. The molecule has 0 bridgehead atoms. The van der Waals surface area contributed by atoms with E-state index in [4.69, 9.17) is 0 Å². The molecule has 2 aromatic heterocycles. The highest BCUT2D eigenvalue weighted by Gasteiger charge is 2.28. The van der Waals surface area contributed by atoms with E-state index in [-0.39, 0.29) is 29.7 Å². The number of hydrogen-bond acceptors (Lipinski definition) is 9. The van der Waals surface area contributed by atoms with Crippen molar-refractivity contribution >= 4 is 44.4 Å². The highest BCUT2D eigenvalue weighted by molar-refractivity contribution is 7.92. The number of nitrogens with one attached hydrogen (secondary N) is 3. The zero-order valence-corrected chi connectivity index (χ0v) is 30.6. The number of carboxylic acid groups (broad SMARTS) is 1. The normalized spacial score (nSPS) is 12.9. The molecule has 3 aromatic carbocycles. The predicted octanol–water partition coefficient (Wildman–Crippen LogP) is 2.73. The predicted molar refractivity (Wildman–Crippen MR) is 197 cm³/mol. The largest absolute Gasteiger partial charge is 0.480 e. The fourth-order valence-electron chi connectivity index (χ4n) is 5.54. The maximum absolute atomic E-state index is 15.2. The summed E-state index contributed by atoms with van der Waals surface area (Å²) in [7, 11) is -3.05. The molecule has 5 aromatic rings. The van der Waals surface area contributed by atoms with Crippen LogP contribution >= 0.6 is 0 Å². The first-order valence-corrected chi connectivity index (χ1v) is 18.0. The fourth-order valence-corrected chi connectivity index (χ4v) is 6.60. The number of benzene rings is 3. The number of amides is 2. The van der Waals surface area contributed by atoms with Gasteiger partial charge < -0.3 is 20.8 Å². The number of pyridine rings is 1. The number of fused-ring (bicyclic) bond motifs is 1. The molecule has 0 saturated heterocycles. The summed E-state index contributed by atoms with van der Waals surface area (Å²) < 4.78 is 60.4. The standard InChI is InChI=1S/C37H36F2N6O9S/c1-37(2,3)31(19-46)42-32(47)21-7-11-23(12-8-21)55(53,54)43-28-17-26(38)25(16-27(28)39)33(48)41-29(35(50)51)15-20-5-9-22(10-6-20)45-34(49)24-13-14-40-18-30(24)44(4)36(45)52/h5-14,16-18,29,31,43,46H,15,19H2,1-4H3,(H,41,48)(H,42,47)(H,50,51)/t29-,31+/m0/s1. The molecule has 2 amide bonds. The number of aliphatic hydroxyl groups excluding tert-OH is 1. The van der Waals surface area contributed by atoms with Gasteiger partial charge in [0.2, 0.25) is 0 Å². The maximum atomic E-state index is 15.2. The number of halogens is 2. The van der Waals surface area contributed by atoms with Crippen LogP contribution in [0.15, 0.2) is 93.6 Å². The van der Waals surface area contributed by atoms with E-state index in [0.717, 1.165) is 16.7 Å². The molecular weight excluding hydrogens is 743 g/mol. The second-order valence-electron chi connectivity index (χ2n) is 13.6. The molecule has 0 unspecified atom stereocenters. The maximum Gasteiger partial charge on any atom is 0.335 e. The van der Waals surface area contributed by atoms with Crippen LogP contribution < -0.4 is 26.6 Å². The van der Waals surface area contributed by atoms with E-state index in [9.17, 15) is 42.6 Å². The number of hydrogen-bond donors (Lipinski definition) is 5. The molecule has 0 saturated carbocycles. The highest BCUT2D eigenvalue weighted by atomic mass is 32.2. The lowest BCUT2D eigenvalue weighted by Gasteiger charge is -2.29. The van der Waals surface area contributed by atoms with Gasteiger partial charge in [-0.25, -0.2) is 31.4 Å². The molecule has 55 heavy (non-hydrogen) atoms. The van der Waals surface area contributed by atoms with Gasteiger partial charge in [0.1, 0.15) is 17.7 Å². The van der Waals surface area contributed by atoms with Gasteiger partial charge in [0.05, 0.1) is 51.6 Å². The smallest absolute Gasteiger partial charge is 0.335 e. The first-order valence-electron chi connectivity index (χ1n) is 16.5. The van der Waals surface area contributed by atoms with Crippen molar-refractivity contribution < 1.29 is 41.8 Å². The van der Waals surface area contributed by atoms with E-state index >= 15 is 8.78 Å². The number of aryl methyl sites for hydroxylation is 1. The van der Waals surface area contributed by atoms with E-state index in [1.165, 1.54) is 66.5 Å². The number of rotatable bonds is 12. The van der Waals surface area contributed by atoms with Crippen molar-refractivity contribution in [1.82, 2.24) is 24.8 Å². The van der Waals surface area contributed by atoms with Crippen molar-refractivity contribution in [3.63, 3.8) is 0 Å². The Bertz CT molecular complexity index is 2530. The minimum absolute atomic E-state index is 0.0778. The van der Waals surface area contributed by atoms with Gasteiger partial charge in [0, 0.05) is 31.3 Å². The van der Waals surface area contributed by atoms with E-state index < -0.39 is 84.3 Å². The molecule has 18 heteroatoms. The van der Waals surface area contributed by atoms with Crippen LogP contribution in [0.5, 0.6) is 0 Å². The zero-order valence-electron chi connectivity index (χ0n) is 29.8. The monoisotopic (exact) mass is 778 g/mol. The number of nitrogens with zero attached hydrogens (tertiary/aromatic N) is 3. The minimum atomic E-state index is -4.53. The third-order valence-corrected chi connectivity index (χ3v) is 10.2. The number of aliphatic carboxylic acids is 1. The topological polar surface area (TPSA) is 219 Å². The number of sulfonamides is 1. The van der Waals surface area contributed by atoms with Crippen LogP contribution in [0.4, 0.5) is 14.5 Å². The lowest BCUT2D eigenvalue weighted by Crippen LogP contribution is -2.46. The third-order valence-electron chi connectivity index (χ3n) is 8.82. The summed E-state index contributed by atoms with van der Waals surface area (Å²) in [6.45, 7) is 5.12. The van der Waals surface area contributed by atoms with Crippen LogP contribution in [0.1, 0.15) is 47.1 Å². The molecule has 0 spiro atoms. The van der Waals surface area contributed by atoms with Crippen LogP contribution in [0.25, 0.3) is 16.6 Å². The van der Waals surface area contributed by atoms with Gasteiger partial charge in [0.25, 0.3) is 27.4 Å². The van der Waals surface area contributed by atoms with E-state index in [1.807, 2.05) is 25.5 Å². The number of carboxylic acids is 1. The van der Waals surface area contributed by atoms with Crippen molar-refractivity contribution in [1.29, 1.82) is 0 Å². The first-order chi connectivity index (χ1) is 25.8. The summed E-state index contributed by atoms with van der Waals surface area (Å²) in [5.74, 6) is -6.11. The molecule has 0 aliphatic carbocycles. The average Bonchev–Trinajstić information content (AvgIpc) is 3.14. The van der Waals surface area contributed by atoms with Crippen molar-refractivity contribution in [3.05, 3.63) is 128 Å². The van der Waals surface area contributed by atoms with Gasteiger partial charge in [-0.1, -0.05) is 32.9 Å². The van der Waals surface area contributed by atoms with E-state index in [0.29, 0.717) is 23.2 Å². The van der Waals surface area contributed by atoms with Crippen LogP contribution in [0, 0.1) is 17.0 Å². The van der Waals surface area contributed by atoms with Gasteiger partial charge >= 0.3 is 11.7 Å². The van der Waals surface area contributed by atoms with E-state index in [1.54, 1.807) is 0 Å². The Morgan fingerprint density at radius 1 is 0.909 bits per heavy atom. The Balaban J connectivity index is 1.28. The lowest BCUT2D eigenvalue weighted by molar-refractivity contribution is -0.139. The minimum Gasteiger partial charge on any atom is -0.480 e. The van der Waals surface area contributed by atoms with Crippen LogP contribution in [0.3, 0.4) is 0 Å². The molecule has 0 radical (unpaired) electrons. The van der Waals surface area contributed by atoms with Crippen molar-refractivity contribution in [2.45, 2.75) is 44.2 Å². The quantitative estimate of drug-likeness (QED) is 0.125. The summed E-state index contributed by atoms with van der Waals surface area (Å²) in [5, 5.41) is 24.5. The first kappa shape index (κ1) is 39.9. The average molecular weight is 779 g/mol. The van der Waals surface area contributed by atoms with Crippen molar-refractivity contribution in [2.75, 3.05) is 11.3 Å². The second kappa shape index (κ2) is 15.6. The Kier molecular flexibility index (Phi) is 11.3. The number of carbonyl (C=O) groups is 3. The summed E-state index contributed by atoms with van der Waals surface area (Å²) >= 11 is 0. The number of aliphatic hydroxyl groups is 1. The van der Waals surface area contributed by atoms with Crippen molar-refractivity contribution in [3.8, 4) is 5.69 Å². The molecular formula is C37H36F2N6O9S.